The second-order valence-corrected chi connectivity index (χ2v) is 7.73. The number of benzene rings is 2. The first-order valence-electron chi connectivity index (χ1n) is 9.17. The first kappa shape index (κ1) is 18.2. The number of carbonyl (C=O) groups excluding carboxylic acids is 1. The Morgan fingerprint density at radius 2 is 1.86 bits per heavy atom. The number of thiazole rings is 1. The van der Waals surface area contributed by atoms with Gasteiger partial charge in [-0.3, -0.25) is 14.6 Å². The van der Waals surface area contributed by atoms with Crippen molar-refractivity contribution in [2.45, 2.75) is 18.4 Å². The molecule has 28 heavy (non-hydrogen) atoms. The van der Waals surface area contributed by atoms with Gasteiger partial charge in [-0.15, -0.1) is 11.3 Å². The molecule has 2 atom stereocenters. The van der Waals surface area contributed by atoms with Gasteiger partial charge in [-0.2, -0.15) is 5.26 Å². The van der Waals surface area contributed by atoms with Crippen LogP contribution >= 0.6 is 11.3 Å². The Morgan fingerprint density at radius 1 is 1.18 bits per heavy atom. The summed E-state index contributed by atoms with van der Waals surface area (Å²) >= 11 is 1.44. The molecule has 0 radical (unpaired) electrons. The molecule has 1 aliphatic rings. The highest BCUT2D eigenvalue weighted by Gasteiger charge is 2.39. The zero-order valence-corrected chi connectivity index (χ0v) is 16.3. The van der Waals surface area contributed by atoms with E-state index in [1.165, 1.54) is 16.9 Å². The second kappa shape index (κ2) is 7.83. The number of carbonyl (C=O) groups is 1. The third-order valence-corrected chi connectivity index (χ3v) is 6.08. The number of hydrogen-bond donors (Lipinski definition) is 0. The van der Waals surface area contributed by atoms with E-state index in [9.17, 15) is 10.1 Å². The number of rotatable bonds is 4. The van der Waals surface area contributed by atoms with E-state index in [-0.39, 0.29) is 11.8 Å². The van der Waals surface area contributed by atoms with Crippen LogP contribution in [0.5, 0.6) is 0 Å². The summed E-state index contributed by atoms with van der Waals surface area (Å²) in [5, 5.41) is 12.1. The maximum absolute atomic E-state index is 13.1. The molecular formula is C22H20N4OS. The molecule has 3 aromatic rings. The minimum Gasteiger partial charge on any atom is -0.298 e. The number of anilines is 1. The standard InChI is InChI=1S/C22H20N4OS/c1-25(22-24-19(14-28-22)17-10-6-3-7-11-17)21(27)20-12-18(13-26(20)15-23)16-8-4-2-5-9-16/h2-11,14,18,20H,12-13H2,1H3/t18-,20+/m1/s1. The van der Waals surface area contributed by atoms with E-state index < -0.39 is 6.04 Å². The molecule has 0 saturated carbocycles. The minimum atomic E-state index is -0.454. The van der Waals surface area contributed by atoms with E-state index in [0.717, 1.165) is 11.3 Å². The van der Waals surface area contributed by atoms with Crippen LogP contribution in [0.2, 0.25) is 0 Å². The number of likely N-dealkylation sites (tertiary alicyclic amines) is 1. The van der Waals surface area contributed by atoms with Crippen molar-refractivity contribution in [1.82, 2.24) is 9.88 Å². The lowest BCUT2D eigenvalue weighted by Crippen LogP contribution is -2.42. The summed E-state index contributed by atoms with van der Waals surface area (Å²) in [6.07, 6.45) is 2.84. The number of hydrogen-bond acceptors (Lipinski definition) is 5. The van der Waals surface area contributed by atoms with Crippen molar-refractivity contribution in [3.8, 4) is 17.5 Å². The second-order valence-electron chi connectivity index (χ2n) is 6.89. The molecular weight excluding hydrogens is 368 g/mol. The van der Waals surface area contributed by atoms with Gasteiger partial charge in [0.1, 0.15) is 6.04 Å². The average molecular weight is 388 g/mol. The summed E-state index contributed by atoms with van der Waals surface area (Å²) < 4.78 is 0. The van der Waals surface area contributed by atoms with Crippen LogP contribution in [0.3, 0.4) is 0 Å². The predicted octanol–water partition coefficient (Wildman–Crippen LogP) is 4.11. The Labute approximate surface area is 168 Å². The molecule has 2 aromatic carbocycles. The summed E-state index contributed by atoms with van der Waals surface area (Å²) in [6.45, 7) is 0.567. The van der Waals surface area contributed by atoms with Crippen molar-refractivity contribution in [2.24, 2.45) is 0 Å². The third-order valence-electron chi connectivity index (χ3n) is 5.16. The number of nitriles is 1. The molecule has 5 nitrogen and oxygen atoms in total. The fraction of sp³-hybridized carbons (Fsp3) is 0.227. The molecule has 1 aliphatic heterocycles. The van der Waals surface area contributed by atoms with Gasteiger partial charge >= 0.3 is 0 Å². The van der Waals surface area contributed by atoms with E-state index in [0.29, 0.717) is 18.1 Å². The quantitative estimate of drug-likeness (QED) is 0.631. The number of amides is 1. The fourth-order valence-electron chi connectivity index (χ4n) is 3.62. The number of aromatic nitrogens is 1. The van der Waals surface area contributed by atoms with Crippen LogP contribution in [0, 0.1) is 11.5 Å². The molecule has 6 heteroatoms. The minimum absolute atomic E-state index is 0.0889. The number of likely N-dealkylation sites (N-methyl/N-ethyl adjacent to an activating group) is 1. The summed E-state index contributed by atoms with van der Waals surface area (Å²) in [5.74, 6) is 0.0910. The largest absolute Gasteiger partial charge is 0.298 e. The Kier molecular flexibility index (Phi) is 5.09. The molecule has 0 aliphatic carbocycles. The van der Waals surface area contributed by atoms with Crippen molar-refractivity contribution in [1.29, 1.82) is 5.26 Å². The predicted molar refractivity (Wildman–Crippen MR) is 111 cm³/mol. The van der Waals surface area contributed by atoms with Crippen LogP contribution in [0.25, 0.3) is 11.3 Å². The van der Waals surface area contributed by atoms with Gasteiger partial charge in [0.05, 0.1) is 5.69 Å². The molecule has 0 N–H and O–H groups in total. The highest BCUT2D eigenvalue weighted by Crippen LogP contribution is 2.33. The Hall–Kier alpha value is -3.17. The Bertz CT molecular complexity index is 996. The van der Waals surface area contributed by atoms with Crippen molar-refractivity contribution < 1.29 is 4.79 Å². The third kappa shape index (κ3) is 3.49. The van der Waals surface area contributed by atoms with Gasteiger partial charge in [0.25, 0.3) is 5.91 Å². The monoisotopic (exact) mass is 388 g/mol. The molecule has 0 bridgehead atoms. The summed E-state index contributed by atoms with van der Waals surface area (Å²) in [6, 6.07) is 19.5. The van der Waals surface area contributed by atoms with Crippen molar-refractivity contribution in [2.75, 3.05) is 18.5 Å². The van der Waals surface area contributed by atoms with Crippen LogP contribution in [0.4, 0.5) is 5.13 Å². The van der Waals surface area contributed by atoms with E-state index in [4.69, 9.17) is 0 Å². The first-order valence-corrected chi connectivity index (χ1v) is 10.0. The lowest BCUT2D eigenvalue weighted by atomic mass is 9.96. The Morgan fingerprint density at radius 3 is 2.54 bits per heavy atom. The van der Waals surface area contributed by atoms with Crippen molar-refractivity contribution >= 4 is 22.4 Å². The lowest BCUT2D eigenvalue weighted by molar-refractivity contribution is -0.121. The maximum atomic E-state index is 13.1. The summed E-state index contributed by atoms with van der Waals surface area (Å²) in [7, 11) is 1.74. The lowest BCUT2D eigenvalue weighted by Gasteiger charge is -2.22. The van der Waals surface area contributed by atoms with E-state index in [2.05, 4.69) is 23.3 Å². The van der Waals surface area contributed by atoms with Crippen LogP contribution in [-0.4, -0.2) is 35.4 Å². The molecule has 0 spiro atoms. The molecule has 1 saturated heterocycles. The van der Waals surface area contributed by atoms with E-state index >= 15 is 0 Å². The van der Waals surface area contributed by atoms with Crippen molar-refractivity contribution in [3.63, 3.8) is 0 Å². The van der Waals surface area contributed by atoms with Gasteiger partial charge in [-0.05, 0) is 12.0 Å². The normalized spacial score (nSPS) is 18.6. The highest BCUT2D eigenvalue weighted by molar-refractivity contribution is 7.14. The van der Waals surface area contributed by atoms with E-state index in [1.54, 1.807) is 16.8 Å². The zero-order valence-electron chi connectivity index (χ0n) is 15.5. The van der Waals surface area contributed by atoms with Gasteiger partial charge < -0.3 is 0 Å². The zero-order chi connectivity index (χ0) is 19.5. The molecule has 140 valence electrons. The summed E-state index contributed by atoms with van der Waals surface area (Å²) in [5.41, 5.74) is 3.04. The SMILES string of the molecule is CN(C(=O)[C@@H]1C[C@@H](c2ccccc2)CN1C#N)c1nc(-c2ccccc2)cs1. The van der Waals surface area contributed by atoms with Crippen LogP contribution in [0.1, 0.15) is 17.9 Å². The molecule has 1 fully saturated rings. The maximum Gasteiger partial charge on any atom is 0.252 e. The van der Waals surface area contributed by atoms with Gasteiger partial charge in [0, 0.05) is 30.5 Å². The van der Waals surface area contributed by atoms with Gasteiger partial charge in [-0.25, -0.2) is 4.98 Å². The van der Waals surface area contributed by atoms with Crippen molar-refractivity contribution in [3.05, 3.63) is 71.6 Å². The Balaban J connectivity index is 1.52. The van der Waals surface area contributed by atoms with Gasteiger partial charge in [-0.1, -0.05) is 60.7 Å². The molecule has 1 amide bonds. The van der Waals surface area contributed by atoms with Gasteiger partial charge in [0.2, 0.25) is 0 Å². The molecule has 4 rings (SSSR count). The topological polar surface area (TPSA) is 60.2 Å². The van der Waals surface area contributed by atoms with E-state index in [1.807, 2.05) is 53.9 Å². The highest BCUT2D eigenvalue weighted by atomic mass is 32.1. The van der Waals surface area contributed by atoms with Crippen LogP contribution < -0.4 is 4.90 Å². The van der Waals surface area contributed by atoms with Crippen LogP contribution in [0.15, 0.2) is 66.0 Å². The molecule has 0 unspecified atom stereocenters. The average Bonchev–Trinajstić information content (AvgIpc) is 3.41. The fourth-order valence-corrected chi connectivity index (χ4v) is 4.43. The van der Waals surface area contributed by atoms with Gasteiger partial charge in [0.15, 0.2) is 11.3 Å². The van der Waals surface area contributed by atoms with Crippen LogP contribution in [-0.2, 0) is 4.79 Å². The smallest absolute Gasteiger partial charge is 0.252 e. The summed E-state index contributed by atoms with van der Waals surface area (Å²) in [4.78, 5) is 20.9. The molecule has 2 heterocycles. The first-order chi connectivity index (χ1) is 13.7. The number of nitrogens with zero attached hydrogens (tertiary/aromatic N) is 4. The molecule has 1 aromatic heterocycles.